The summed E-state index contributed by atoms with van der Waals surface area (Å²) in [5, 5.41) is 2.19. The molecule has 2 aromatic rings. The second kappa shape index (κ2) is 4.28. The van der Waals surface area contributed by atoms with E-state index in [-0.39, 0.29) is 0 Å². The van der Waals surface area contributed by atoms with Gasteiger partial charge in [0.1, 0.15) is 0 Å². The average Bonchev–Trinajstić information content (AvgIpc) is 2.23. The molecule has 0 aliphatic rings. The number of fused-ring (bicyclic) bond motifs is 1. The van der Waals surface area contributed by atoms with Crippen molar-refractivity contribution in [1.29, 1.82) is 0 Å². The molecule has 0 fully saturated rings. The van der Waals surface area contributed by atoms with Crippen molar-refractivity contribution in [1.82, 2.24) is 4.98 Å². The SMILES string of the molecule is CCc1cc(Cl)c2c(Br)ccc(Cl)c2n1. The molecule has 0 N–H and O–H groups in total. The van der Waals surface area contributed by atoms with Crippen LogP contribution in [-0.4, -0.2) is 4.98 Å². The van der Waals surface area contributed by atoms with Crippen molar-refractivity contribution in [2.24, 2.45) is 0 Å². The highest BCUT2D eigenvalue weighted by Gasteiger charge is 2.09. The highest BCUT2D eigenvalue weighted by molar-refractivity contribution is 9.10. The number of benzene rings is 1. The molecule has 0 unspecified atom stereocenters. The monoisotopic (exact) mass is 303 g/mol. The molecule has 0 saturated heterocycles. The molecule has 1 aromatic carbocycles. The molecular formula is C11H8BrCl2N. The first-order valence-corrected chi connectivity index (χ1v) is 6.11. The van der Waals surface area contributed by atoms with Crippen LogP contribution >= 0.6 is 39.1 Å². The predicted octanol–water partition coefficient (Wildman–Crippen LogP) is 4.87. The fourth-order valence-corrected chi connectivity index (χ4v) is 2.62. The van der Waals surface area contributed by atoms with Crippen LogP contribution in [-0.2, 0) is 6.42 Å². The second-order valence-corrected chi connectivity index (χ2v) is 4.87. The molecule has 0 saturated carbocycles. The Morgan fingerprint density at radius 3 is 2.67 bits per heavy atom. The first kappa shape index (κ1) is 11.2. The summed E-state index contributed by atoms with van der Waals surface area (Å²) in [5.41, 5.74) is 1.71. The van der Waals surface area contributed by atoms with Crippen LogP contribution in [0.15, 0.2) is 22.7 Å². The van der Waals surface area contributed by atoms with Gasteiger partial charge in [0.05, 0.1) is 15.6 Å². The van der Waals surface area contributed by atoms with Crippen molar-refractivity contribution in [3.8, 4) is 0 Å². The van der Waals surface area contributed by atoms with Gasteiger partial charge in [-0.3, -0.25) is 4.98 Å². The van der Waals surface area contributed by atoms with E-state index in [0.717, 1.165) is 27.5 Å². The summed E-state index contributed by atoms with van der Waals surface area (Å²) in [6.45, 7) is 2.04. The Morgan fingerprint density at radius 1 is 1.27 bits per heavy atom. The van der Waals surface area contributed by atoms with Gasteiger partial charge in [0.25, 0.3) is 0 Å². The Labute approximate surface area is 107 Å². The molecule has 78 valence electrons. The van der Waals surface area contributed by atoms with Crippen LogP contribution in [0.25, 0.3) is 10.9 Å². The summed E-state index contributed by atoms with van der Waals surface area (Å²) >= 11 is 15.7. The summed E-state index contributed by atoms with van der Waals surface area (Å²) in [4.78, 5) is 4.47. The Hall–Kier alpha value is -0.310. The minimum atomic E-state index is 0.630. The lowest BCUT2D eigenvalue weighted by Crippen LogP contribution is -1.90. The summed E-state index contributed by atoms with van der Waals surface area (Å²) in [6, 6.07) is 5.57. The van der Waals surface area contributed by atoms with Crippen LogP contribution in [0.1, 0.15) is 12.6 Å². The molecule has 0 aliphatic carbocycles. The van der Waals surface area contributed by atoms with Gasteiger partial charge in [0.2, 0.25) is 0 Å². The Bertz CT molecular complexity index is 525. The van der Waals surface area contributed by atoms with Gasteiger partial charge in [0.15, 0.2) is 0 Å². The van der Waals surface area contributed by atoms with Gasteiger partial charge in [-0.1, -0.05) is 46.1 Å². The van der Waals surface area contributed by atoms with E-state index in [1.807, 2.05) is 25.1 Å². The van der Waals surface area contributed by atoms with Crippen molar-refractivity contribution in [3.05, 3.63) is 38.4 Å². The van der Waals surface area contributed by atoms with E-state index in [1.165, 1.54) is 0 Å². The van der Waals surface area contributed by atoms with Gasteiger partial charge in [-0.25, -0.2) is 0 Å². The van der Waals surface area contributed by atoms with Crippen molar-refractivity contribution >= 4 is 50.0 Å². The van der Waals surface area contributed by atoms with E-state index < -0.39 is 0 Å². The second-order valence-electron chi connectivity index (χ2n) is 3.20. The van der Waals surface area contributed by atoms with Crippen LogP contribution in [0, 0.1) is 0 Å². The van der Waals surface area contributed by atoms with E-state index in [2.05, 4.69) is 20.9 Å². The van der Waals surface area contributed by atoms with Gasteiger partial charge in [0, 0.05) is 15.6 Å². The van der Waals surface area contributed by atoms with Gasteiger partial charge in [-0.05, 0) is 24.6 Å². The summed E-state index contributed by atoms with van der Waals surface area (Å²) < 4.78 is 0.919. The van der Waals surface area contributed by atoms with Gasteiger partial charge >= 0.3 is 0 Å². The molecule has 1 nitrogen and oxygen atoms in total. The summed E-state index contributed by atoms with van der Waals surface area (Å²) in [6.07, 6.45) is 0.846. The van der Waals surface area contributed by atoms with E-state index in [0.29, 0.717) is 10.0 Å². The Balaban J connectivity index is 2.90. The van der Waals surface area contributed by atoms with Crippen molar-refractivity contribution in [3.63, 3.8) is 0 Å². The van der Waals surface area contributed by atoms with E-state index >= 15 is 0 Å². The van der Waals surface area contributed by atoms with Crippen LogP contribution in [0.5, 0.6) is 0 Å². The van der Waals surface area contributed by atoms with Crippen molar-refractivity contribution < 1.29 is 0 Å². The predicted molar refractivity (Wildman–Crippen MR) is 68.8 cm³/mol. The van der Waals surface area contributed by atoms with Crippen LogP contribution < -0.4 is 0 Å². The first-order chi connectivity index (χ1) is 7.13. The highest BCUT2D eigenvalue weighted by atomic mass is 79.9. The number of aromatic nitrogens is 1. The molecule has 0 amide bonds. The van der Waals surface area contributed by atoms with Crippen LogP contribution in [0.2, 0.25) is 10.0 Å². The number of hydrogen-bond acceptors (Lipinski definition) is 1. The van der Waals surface area contributed by atoms with Gasteiger partial charge < -0.3 is 0 Å². The lowest BCUT2D eigenvalue weighted by molar-refractivity contribution is 1.06. The topological polar surface area (TPSA) is 12.9 Å². The lowest BCUT2D eigenvalue weighted by atomic mass is 10.2. The summed E-state index contributed by atoms with van der Waals surface area (Å²) in [7, 11) is 0. The molecule has 15 heavy (non-hydrogen) atoms. The number of hydrogen-bond donors (Lipinski definition) is 0. The third-order valence-electron chi connectivity index (χ3n) is 2.23. The fraction of sp³-hybridized carbons (Fsp3) is 0.182. The van der Waals surface area contributed by atoms with E-state index in [4.69, 9.17) is 23.2 Å². The van der Waals surface area contributed by atoms with Crippen molar-refractivity contribution in [2.75, 3.05) is 0 Å². The molecular weight excluding hydrogens is 297 g/mol. The van der Waals surface area contributed by atoms with E-state index in [9.17, 15) is 0 Å². The number of aryl methyl sites for hydroxylation is 1. The number of pyridine rings is 1. The van der Waals surface area contributed by atoms with Crippen molar-refractivity contribution in [2.45, 2.75) is 13.3 Å². The minimum absolute atomic E-state index is 0.630. The molecule has 1 aromatic heterocycles. The van der Waals surface area contributed by atoms with Crippen LogP contribution in [0.3, 0.4) is 0 Å². The quantitative estimate of drug-likeness (QED) is 0.732. The van der Waals surface area contributed by atoms with E-state index in [1.54, 1.807) is 0 Å². The third-order valence-corrected chi connectivity index (χ3v) is 3.49. The standard InChI is InChI=1S/C11H8BrCl2N/c1-2-6-5-9(14)10-7(12)3-4-8(13)11(10)15-6/h3-5H,2H2,1H3. The number of halogens is 3. The summed E-state index contributed by atoms with van der Waals surface area (Å²) in [5.74, 6) is 0. The Kier molecular flexibility index (Phi) is 3.19. The minimum Gasteiger partial charge on any atom is -0.251 e. The molecule has 2 rings (SSSR count). The number of nitrogens with zero attached hydrogens (tertiary/aromatic N) is 1. The largest absolute Gasteiger partial charge is 0.251 e. The zero-order valence-corrected chi connectivity index (χ0v) is 11.1. The smallest absolute Gasteiger partial charge is 0.0917 e. The molecule has 0 atom stereocenters. The molecule has 0 spiro atoms. The molecule has 0 bridgehead atoms. The first-order valence-electron chi connectivity index (χ1n) is 4.56. The zero-order chi connectivity index (χ0) is 11.0. The fourth-order valence-electron chi connectivity index (χ4n) is 1.45. The molecule has 4 heteroatoms. The maximum atomic E-state index is 6.19. The van der Waals surface area contributed by atoms with Crippen LogP contribution in [0.4, 0.5) is 0 Å². The third kappa shape index (κ3) is 1.99. The lowest BCUT2D eigenvalue weighted by Gasteiger charge is -2.06. The number of rotatable bonds is 1. The molecule has 1 heterocycles. The maximum absolute atomic E-state index is 6.19. The van der Waals surface area contributed by atoms with Gasteiger partial charge in [-0.15, -0.1) is 0 Å². The zero-order valence-electron chi connectivity index (χ0n) is 8.02. The molecule has 0 radical (unpaired) electrons. The average molecular weight is 305 g/mol. The maximum Gasteiger partial charge on any atom is 0.0917 e. The normalized spacial score (nSPS) is 10.9. The Morgan fingerprint density at radius 2 is 2.00 bits per heavy atom. The molecule has 0 aliphatic heterocycles. The highest BCUT2D eigenvalue weighted by Crippen LogP contribution is 2.34. The van der Waals surface area contributed by atoms with Gasteiger partial charge in [-0.2, -0.15) is 0 Å².